The van der Waals surface area contributed by atoms with Gasteiger partial charge in [0.1, 0.15) is 10.7 Å². The molecule has 0 fully saturated rings. The quantitative estimate of drug-likeness (QED) is 0.0671. The van der Waals surface area contributed by atoms with E-state index in [0.29, 0.717) is 34.2 Å². The van der Waals surface area contributed by atoms with Crippen molar-refractivity contribution in [2.45, 2.75) is 56.6 Å². The molecule has 0 radical (unpaired) electrons. The third kappa shape index (κ3) is 8.63. The molecule has 3 N–H and O–H groups in total. The summed E-state index contributed by atoms with van der Waals surface area (Å²) in [7, 11) is 0. The minimum Gasteiger partial charge on any atom is -0.462 e. The summed E-state index contributed by atoms with van der Waals surface area (Å²) in [5.74, 6) is -0.991. The lowest BCUT2D eigenvalue weighted by molar-refractivity contribution is -0.116. The number of hydrogen-bond acceptors (Lipinski definition) is 7. The van der Waals surface area contributed by atoms with Crippen LogP contribution in [0, 0.1) is 5.92 Å². The molecule has 2 atom stereocenters. The molecule has 3 amide bonds. The topological polar surface area (TPSA) is 114 Å². The second kappa shape index (κ2) is 16.9. The van der Waals surface area contributed by atoms with Crippen molar-refractivity contribution in [1.29, 1.82) is 0 Å². The molecule has 266 valence electrons. The van der Waals surface area contributed by atoms with Crippen LogP contribution < -0.4 is 16.0 Å². The summed E-state index contributed by atoms with van der Waals surface area (Å²) in [5.41, 5.74) is 3.28. The van der Waals surface area contributed by atoms with E-state index >= 15 is 0 Å². The Balaban J connectivity index is 1.21. The number of carbonyl (C=O) groups is 4. The molecule has 4 aromatic carbocycles. The molecule has 8 nitrogen and oxygen atoms in total. The lowest BCUT2D eigenvalue weighted by Gasteiger charge is -2.18. The molecular formula is C42H41N3O5S2. The van der Waals surface area contributed by atoms with Gasteiger partial charge in [-0.25, -0.2) is 4.79 Å². The first kappa shape index (κ1) is 36.6. The maximum atomic E-state index is 13.9. The van der Waals surface area contributed by atoms with Crippen LogP contribution in [-0.2, 0) is 27.2 Å². The Labute approximate surface area is 312 Å². The Hall–Kier alpha value is -5.19. The highest BCUT2D eigenvalue weighted by molar-refractivity contribution is 8.00. The van der Waals surface area contributed by atoms with Crippen molar-refractivity contribution < 1.29 is 23.9 Å². The van der Waals surface area contributed by atoms with Crippen LogP contribution in [0.15, 0.2) is 108 Å². The lowest BCUT2D eigenvalue weighted by atomic mass is 9.88. The fourth-order valence-corrected chi connectivity index (χ4v) is 8.67. The molecule has 0 spiro atoms. The second-order valence-electron chi connectivity index (χ2n) is 12.7. The summed E-state index contributed by atoms with van der Waals surface area (Å²) in [6.45, 7) is 6.18. The van der Waals surface area contributed by atoms with E-state index < -0.39 is 23.0 Å². The van der Waals surface area contributed by atoms with Gasteiger partial charge in [0.2, 0.25) is 5.91 Å². The van der Waals surface area contributed by atoms with Gasteiger partial charge < -0.3 is 20.7 Å². The molecule has 5 aromatic rings. The molecule has 1 aliphatic carbocycles. The van der Waals surface area contributed by atoms with Crippen molar-refractivity contribution in [3.05, 3.63) is 130 Å². The number of thiophene rings is 1. The van der Waals surface area contributed by atoms with E-state index in [9.17, 15) is 19.2 Å². The minimum atomic E-state index is -0.494. The van der Waals surface area contributed by atoms with Gasteiger partial charge in [0, 0.05) is 21.0 Å². The van der Waals surface area contributed by atoms with Gasteiger partial charge >= 0.3 is 5.97 Å². The number of benzene rings is 4. The smallest absolute Gasteiger partial charge is 0.341 e. The van der Waals surface area contributed by atoms with Gasteiger partial charge in [-0.15, -0.1) is 23.1 Å². The summed E-state index contributed by atoms with van der Waals surface area (Å²) in [6, 6.07) is 29.7. The predicted octanol–water partition coefficient (Wildman–Crippen LogP) is 9.12. The number of nitrogens with one attached hydrogen (secondary N) is 3. The van der Waals surface area contributed by atoms with E-state index in [1.54, 1.807) is 43.3 Å². The van der Waals surface area contributed by atoms with Gasteiger partial charge in [0.25, 0.3) is 11.8 Å². The van der Waals surface area contributed by atoms with Crippen LogP contribution in [0.2, 0.25) is 0 Å². The van der Waals surface area contributed by atoms with Gasteiger partial charge in [-0.1, -0.05) is 80.6 Å². The van der Waals surface area contributed by atoms with Crippen molar-refractivity contribution in [1.82, 2.24) is 5.32 Å². The number of anilines is 2. The third-order valence-corrected chi connectivity index (χ3v) is 11.4. The van der Waals surface area contributed by atoms with E-state index in [2.05, 4.69) is 22.9 Å². The van der Waals surface area contributed by atoms with Crippen molar-refractivity contribution in [3.63, 3.8) is 0 Å². The van der Waals surface area contributed by atoms with E-state index in [1.165, 1.54) is 23.1 Å². The minimum absolute atomic E-state index is 0.0829. The normalized spacial score (nSPS) is 14.6. The number of carbonyl (C=O) groups excluding carboxylic acids is 4. The zero-order valence-corrected chi connectivity index (χ0v) is 31.0. The molecule has 2 unspecified atom stereocenters. The predicted molar refractivity (Wildman–Crippen MR) is 211 cm³/mol. The van der Waals surface area contributed by atoms with E-state index in [4.69, 9.17) is 4.74 Å². The highest BCUT2D eigenvalue weighted by Crippen LogP contribution is 2.41. The summed E-state index contributed by atoms with van der Waals surface area (Å²) in [5, 5.41) is 10.9. The molecule has 0 saturated carbocycles. The first-order valence-corrected chi connectivity index (χ1v) is 19.2. The number of amides is 3. The number of rotatable bonds is 12. The first-order valence-electron chi connectivity index (χ1n) is 17.5. The lowest BCUT2D eigenvalue weighted by Crippen LogP contribution is -2.30. The van der Waals surface area contributed by atoms with Crippen molar-refractivity contribution in [2.24, 2.45) is 5.92 Å². The van der Waals surface area contributed by atoms with Gasteiger partial charge in [-0.2, -0.15) is 0 Å². The van der Waals surface area contributed by atoms with Crippen LogP contribution in [0.25, 0.3) is 16.8 Å². The zero-order valence-electron chi connectivity index (χ0n) is 29.4. The van der Waals surface area contributed by atoms with Crippen LogP contribution in [0.4, 0.5) is 10.7 Å². The molecule has 52 heavy (non-hydrogen) atoms. The number of esters is 1. The van der Waals surface area contributed by atoms with Crippen molar-refractivity contribution >= 4 is 74.3 Å². The Kier molecular flexibility index (Phi) is 11.9. The number of ether oxygens (including phenoxy) is 1. The number of fused-ring (bicyclic) bond motifs is 2. The SMILES string of the molecule is CCOC(=O)c1c(NC(=O)C(CC)Sc2cccc(NC(=O)/C(=C\c3cccc4ccccc34)NC(=O)c3ccccc3)c2)sc2c1CCC(C)C2. The average molecular weight is 732 g/mol. The van der Waals surface area contributed by atoms with Crippen LogP contribution in [0.1, 0.15) is 70.3 Å². The van der Waals surface area contributed by atoms with Crippen LogP contribution in [0.5, 0.6) is 0 Å². The Bertz CT molecular complexity index is 2140. The summed E-state index contributed by atoms with van der Waals surface area (Å²) in [4.78, 5) is 55.7. The molecule has 1 aliphatic rings. The maximum Gasteiger partial charge on any atom is 0.341 e. The molecule has 1 aromatic heterocycles. The molecule has 6 rings (SSSR count). The molecule has 0 aliphatic heterocycles. The van der Waals surface area contributed by atoms with Crippen molar-refractivity contribution in [3.8, 4) is 0 Å². The van der Waals surface area contributed by atoms with Crippen molar-refractivity contribution in [2.75, 3.05) is 17.2 Å². The van der Waals surface area contributed by atoms with Gasteiger partial charge in [0.05, 0.1) is 17.4 Å². The Morgan fingerprint density at radius 3 is 2.46 bits per heavy atom. The highest BCUT2D eigenvalue weighted by Gasteiger charge is 2.30. The average Bonchev–Trinajstić information content (AvgIpc) is 3.50. The highest BCUT2D eigenvalue weighted by atomic mass is 32.2. The largest absolute Gasteiger partial charge is 0.462 e. The van der Waals surface area contributed by atoms with Crippen LogP contribution >= 0.6 is 23.1 Å². The zero-order chi connectivity index (χ0) is 36.6. The third-order valence-electron chi connectivity index (χ3n) is 8.91. The fraction of sp³-hybridized carbons (Fsp3) is 0.238. The molecule has 0 saturated heterocycles. The van der Waals surface area contributed by atoms with E-state index in [-0.39, 0.29) is 18.2 Å². The molecular weight excluding hydrogens is 691 g/mol. The van der Waals surface area contributed by atoms with Crippen LogP contribution in [-0.4, -0.2) is 35.5 Å². The molecule has 1 heterocycles. The number of hydrogen-bond donors (Lipinski definition) is 3. The molecule has 0 bridgehead atoms. The van der Waals surface area contributed by atoms with Gasteiger partial charge in [-0.05, 0) is 96.8 Å². The van der Waals surface area contributed by atoms with Gasteiger partial charge in [-0.3, -0.25) is 14.4 Å². The van der Waals surface area contributed by atoms with E-state index in [0.717, 1.165) is 50.9 Å². The maximum absolute atomic E-state index is 13.9. The summed E-state index contributed by atoms with van der Waals surface area (Å²) < 4.78 is 5.39. The fourth-order valence-electron chi connectivity index (χ4n) is 6.26. The van der Waals surface area contributed by atoms with Crippen LogP contribution in [0.3, 0.4) is 0 Å². The Morgan fingerprint density at radius 1 is 0.923 bits per heavy atom. The monoisotopic (exact) mass is 731 g/mol. The first-order chi connectivity index (χ1) is 25.2. The second-order valence-corrected chi connectivity index (χ2v) is 15.1. The number of thioether (sulfide) groups is 1. The summed E-state index contributed by atoms with van der Waals surface area (Å²) in [6.07, 6.45) is 4.87. The standard InChI is InChI=1S/C42H41N3O5S2/c1-4-35(40(48)45-41-37(42(49)50-5-2)33-22-21-26(3)23-36(33)52-41)51-31-19-12-18-30(25-31)43-39(47)34(44-38(46)28-14-7-6-8-15-28)24-29-17-11-16-27-13-9-10-20-32(27)29/h6-20,24-26,35H,4-5,21-23H2,1-3H3,(H,43,47)(H,44,46)(H,45,48)/b34-24+. The molecule has 10 heteroatoms. The Morgan fingerprint density at radius 2 is 1.67 bits per heavy atom. The van der Waals surface area contributed by atoms with E-state index in [1.807, 2.05) is 73.7 Å². The van der Waals surface area contributed by atoms with Gasteiger partial charge in [0.15, 0.2) is 0 Å². The summed E-state index contributed by atoms with van der Waals surface area (Å²) >= 11 is 2.85.